The van der Waals surface area contributed by atoms with Gasteiger partial charge in [-0.1, -0.05) is 30.3 Å². The minimum absolute atomic E-state index is 0.207. The first-order valence-corrected chi connectivity index (χ1v) is 4.68. The second-order valence-corrected chi connectivity index (χ2v) is 3.09. The van der Waals surface area contributed by atoms with Crippen LogP contribution in [0.5, 0.6) is 0 Å². The first-order valence-electron chi connectivity index (χ1n) is 4.68. The predicted molar refractivity (Wildman–Crippen MR) is 54.0 cm³/mol. The average molecular weight is 192 g/mol. The van der Waals surface area contributed by atoms with E-state index in [-0.39, 0.29) is 6.42 Å². The molecule has 0 aliphatic rings. The molecule has 0 unspecified atom stereocenters. The lowest BCUT2D eigenvalue weighted by Gasteiger charge is -2.00. The van der Waals surface area contributed by atoms with Crippen molar-refractivity contribution in [3.8, 4) is 0 Å². The lowest BCUT2D eigenvalue weighted by Crippen LogP contribution is -2.08. The molecule has 0 saturated heterocycles. The van der Waals surface area contributed by atoms with E-state index in [1.807, 2.05) is 30.3 Å². The van der Waals surface area contributed by atoms with Crippen molar-refractivity contribution in [1.82, 2.24) is 5.32 Å². The summed E-state index contributed by atoms with van der Waals surface area (Å²) >= 11 is 0. The Bertz CT molecular complexity index is 272. The fraction of sp³-hybridized carbons (Fsp3) is 0.364. The number of carbonyl (C=O) groups is 1. The molecule has 0 bridgehead atoms. The number of aliphatic carboxylic acids is 1. The van der Waals surface area contributed by atoms with Gasteiger partial charge in [-0.15, -0.1) is 0 Å². The lowest BCUT2D eigenvalue weighted by molar-refractivity contribution is -0.137. The summed E-state index contributed by atoms with van der Waals surface area (Å²) in [6.07, 6.45) is 0.834. The summed E-state index contributed by atoms with van der Waals surface area (Å²) in [6.45, 7) is 1.31. The van der Waals surface area contributed by atoms with E-state index in [1.54, 1.807) is 0 Å². The van der Waals surface area contributed by atoms with Gasteiger partial charge in [-0.2, -0.15) is 0 Å². The van der Waals surface area contributed by atoms with E-state index in [1.165, 1.54) is 5.56 Å². The van der Waals surface area contributed by atoms with Gasteiger partial charge in [-0.05, 0) is 12.0 Å². The van der Waals surface area contributed by atoms with E-state index >= 15 is 0 Å². The van der Waals surface area contributed by atoms with Crippen LogP contribution in [0.1, 0.15) is 18.4 Å². The number of carboxylic acids is 1. The van der Waals surface area contributed by atoms with E-state index in [2.05, 4.69) is 5.32 Å². The molecule has 0 spiro atoms. The van der Waals surface area contributed by atoms with Crippen LogP contribution in [-0.2, 0) is 11.3 Å². The van der Waals surface area contributed by atoms with Crippen LogP contribution in [0.4, 0.5) is 0 Å². The van der Waals surface area contributed by atoms with Crippen LogP contribution in [-0.4, -0.2) is 17.6 Å². The van der Waals surface area contributed by atoms with E-state index in [4.69, 9.17) is 5.11 Å². The monoisotopic (exact) mass is 192 g/mol. The van der Waals surface area contributed by atoms with E-state index in [0.717, 1.165) is 0 Å². The van der Waals surface area contributed by atoms with Crippen molar-refractivity contribution >= 4 is 5.97 Å². The van der Waals surface area contributed by atoms with Crippen LogP contribution in [0.2, 0.25) is 0 Å². The Balaban J connectivity index is 2.08. The zero-order valence-corrected chi connectivity index (χ0v) is 8.02. The Morgan fingerprint density at radius 3 is 2.64 bits per heavy atom. The number of nitrogens with zero attached hydrogens (tertiary/aromatic N) is 1. The Morgan fingerprint density at radius 2 is 2.00 bits per heavy atom. The van der Waals surface area contributed by atoms with Crippen LogP contribution in [0.3, 0.4) is 0 Å². The molecule has 0 aromatic heterocycles. The van der Waals surface area contributed by atoms with Crippen molar-refractivity contribution in [2.45, 2.75) is 19.4 Å². The Labute approximate surface area is 83.8 Å². The zero-order valence-electron chi connectivity index (χ0n) is 8.02. The van der Waals surface area contributed by atoms with Crippen molar-refractivity contribution in [3.63, 3.8) is 0 Å². The van der Waals surface area contributed by atoms with E-state index in [0.29, 0.717) is 19.5 Å². The summed E-state index contributed by atoms with van der Waals surface area (Å²) in [5, 5.41) is 12.6. The molecule has 75 valence electrons. The maximum absolute atomic E-state index is 10.2. The topological polar surface area (TPSA) is 51.4 Å². The number of benzene rings is 1. The molecule has 0 atom stereocenters. The van der Waals surface area contributed by atoms with Gasteiger partial charge < -0.3 is 5.11 Å². The third kappa shape index (κ3) is 4.62. The largest absolute Gasteiger partial charge is 0.481 e. The third-order valence-corrected chi connectivity index (χ3v) is 1.84. The highest BCUT2D eigenvalue weighted by molar-refractivity contribution is 5.66. The molecule has 1 rings (SSSR count). The van der Waals surface area contributed by atoms with Gasteiger partial charge in [0.25, 0.3) is 0 Å². The molecule has 1 radical (unpaired) electrons. The van der Waals surface area contributed by atoms with Crippen LogP contribution < -0.4 is 5.32 Å². The van der Waals surface area contributed by atoms with Crippen LogP contribution in [0, 0.1) is 0 Å². The Kier molecular flexibility index (Phi) is 4.72. The first-order chi connectivity index (χ1) is 6.79. The van der Waals surface area contributed by atoms with Gasteiger partial charge in [-0.3, -0.25) is 4.79 Å². The maximum Gasteiger partial charge on any atom is 0.303 e. The molecular formula is C11H14NO2. The fourth-order valence-corrected chi connectivity index (χ4v) is 1.13. The highest BCUT2D eigenvalue weighted by Crippen LogP contribution is 1.98. The SMILES string of the molecule is O=C(O)CCC[N]Cc1ccccc1. The van der Waals surface area contributed by atoms with Gasteiger partial charge in [-0.25, -0.2) is 5.32 Å². The highest BCUT2D eigenvalue weighted by Gasteiger charge is 1.96. The molecule has 1 aromatic carbocycles. The van der Waals surface area contributed by atoms with Crippen LogP contribution in [0.25, 0.3) is 0 Å². The highest BCUT2D eigenvalue weighted by atomic mass is 16.4. The van der Waals surface area contributed by atoms with Gasteiger partial charge in [0.1, 0.15) is 0 Å². The summed E-state index contributed by atoms with van der Waals surface area (Å²) < 4.78 is 0. The molecular weight excluding hydrogens is 178 g/mol. The van der Waals surface area contributed by atoms with Gasteiger partial charge in [0, 0.05) is 19.5 Å². The van der Waals surface area contributed by atoms with Crippen molar-refractivity contribution < 1.29 is 9.90 Å². The molecule has 0 heterocycles. The van der Waals surface area contributed by atoms with Gasteiger partial charge in [0.05, 0.1) is 0 Å². The summed E-state index contributed by atoms with van der Waals surface area (Å²) in [4.78, 5) is 10.2. The van der Waals surface area contributed by atoms with Crippen molar-refractivity contribution in [1.29, 1.82) is 0 Å². The summed E-state index contributed by atoms with van der Waals surface area (Å²) in [6, 6.07) is 9.94. The predicted octanol–water partition coefficient (Wildman–Crippen LogP) is 1.66. The average Bonchev–Trinajstić information content (AvgIpc) is 2.18. The van der Waals surface area contributed by atoms with Crippen molar-refractivity contribution in [3.05, 3.63) is 35.9 Å². The molecule has 0 aliphatic heterocycles. The van der Waals surface area contributed by atoms with Crippen LogP contribution in [0.15, 0.2) is 30.3 Å². The molecule has 3 nitrogen and oxygen atoms in total. The lowest BCUT2D eigenvalue weighted by atomic mass is 10.2. The number of carboxylic acid groups (broad SMARTS) is 1. The molecule has 0 fully saturated rings. The smallest absolute Gasteiger partial charge is 0.303 e. The minimum Gasteiger partial charge on any atom is -0.481 e. The standard InChI is InChI=1S/C11H14NO2/c13-11(14)7-4-8-12-9-10-5-2-1-3-6-10/h1-3,5-6H,4,7-9H2,(H,13,14). The minimum atomic E-state index is -0.750. The van der Waals surface area contributed by atoms with Crippen LogP contribution >= 0.6 is 0 Å². The van der Waals surface area contributed by atoms with E-state index in [9.17, 15) is 4.79 Å². The summed E-state index contributed by atoms with van der Waals surface area (Å²) in [5.41, 5.74) is 1.17. The summed E-state index contributed by atoms with van der Waals surface area (Å²) in [5.74, 6) is -0.750. The molecule has 0 aliphatic carbocycles. The second-order valence-electron chi connectivity index (χ2n) is 3.09. The summed E-state index contributed by atoms with van der Waals surface area (Å²) in [7, 11) is 0. The van der Waals surface area contributed by atoms with Gasteiger partial charge in [0.15, 0.2) is 0 Å². The number of hydrogen-bond acceptors (Lipinski definition) is 1. The molecule has 3 heteroatoms. The molecule has 14 heavy (non-hydrogen) atoms. The number of rotatable bonds is 6. The third-order valence-electron chi connectivity index (χ3n) is 1.84. The molecule has 0 saturated carbocycles. The van der Waals surface area contributed by atoms with Crippen molar-refractivity contribution in [2.75, 3.05) is 6.54 Å². The van der Waals surface area contributed by atoms with E-state index < -0.39 is 5.97 Å². The molecule has 1 N–H and O–H groups in total. The molecule has 0 amide bonds. The maximum atomic E-state index is 10.2. The Morgan fingerprint density at radius 1 is 1.29 bits per heavy atom. The van der Waals surface area contributed by atoms with Crippen molar-refractivity contribution in [2.24, 2.45) is 0 Å². The zero-order chi connectivity index (χ0) is 10.2. The second kappa shape index (κ2) is 6.16. The normalized spacial score (nSPS) is 10.0. The quantitative estimate of drug-likeness (QED) is 0.697. The number of hydrogen-bond donors (Lipinski definition) is 1. The first kappa shape index (κ1) is 10.7. The molecule has 1 aromatic rings. The van der Waals surface area contributed by atoms with Gasteiger partial charge >= 0.3 is 5.97 Å². The fourth-order valence-electron chi connectivity index (χ4n) is 1.13. The Hall–Kier alpha value is -1.35. The van der Waals surface area contributed by atoms with Gasteiger partial charge in [0.2, 0.25) is 0 Å².